The highest BCUT2D eigenvalue weighted by atomic mass is 35.5. The maximum absolute atomic E-state index is 12.5. The summed E-state index contributed by atoms with van der Waals surface area (Å²) >= 11 is 7.30. The van der Waals surface area contributed by atoms with Crippen molar-refractivity contribution in [1.29, 1.82) is 0 Å². The third kappa shape index (κ3) is 4.25. The minimum absolute atomic E-state index is 0.0123. The summed E-state index contributed by atoms with van der Waals surface area (Å²) in [7, 11) is 1.65. The monoisotopic (exact) mass is 407 g/mol. The summed E-state index contributed by atoms with van der Waals surface area (Å²) in [6.07, 6.45) is 2.78. The first-order chi connectivity index (χ1) is 12.9. The highest BCUT2D eigenvalue weighted by molar-refractivity contribution is 7.16. The number of carbonyl (C=O) groups is 2. The number of aromatic nitrogens is 4. The lowest BCUT2D eigenvalue weighted by atomic mass is 10.1. The first kappa shape index (κ1) is 19.2. The van der Waals surface area contributed by atoms with Crippen LogP contribution in [0.3, 0.4) is 0 Å². The zero-order chi connectivity index (χ0) is 19.6. The van der Waals surface area contributed by atoms with E-state index in [0.29, 0.717) is 22.4 Å². The van der Waals surface area contributed by atoms with Gasteiger partial charge in [-0.15, -0.1) is 11.3 Å². The lowest BCUT2D eigenvalue weighted by molar-refractivity contribution is -0.133. The number of hydrogen-bond donors (Lipinski definition) is 0. The second kappa shape index (κ2) is 8.01. The van der Waals surface area contributed by atoms with Gasteiger partial charge < -0.3 is 9.64 Å². The van der Waals surface area contributed by atoms with Crippen molar-refractivity contribution in [2.75, 3.05) is 13.7 Å². The van der Waals surface area contributed by atoms with Crippen LogP contribution >= 0.6 is 22.9 Å². The van der Waals surface area contributed by atoms with Crippen LogP contribution in [0.15, 0.2) is 24.7 Å². The van der Waals surface area contributed by atoms with E-state index in [0.717, 1.165) is 4.88 Å². The largest absolute Gasteiger partial charge is 0.452 e. The van der Waals surface area contributed by atoms with Crippen molar-refractivity contribution in [2.45, 2.75) is 26.3 Å². The van der Waals surface area contributed by atoms with Crippen molar-refractivity contribution in [2.24, 2.45) is 0 Å². The van der Waals surface area contributed by atoms with Crippen LogP contribution in [0.1, 0.15) is 40.7 Å². The van der Waals surface area contributed by atoms with Crippen molar-refractivity contribution in [3.8, 4) is 0 Å². The number of amides is 1. The van der Waals surface area contributed by atoms with Crippen molar-refractivity contribution in [3.05, 3.63) is 45.1 Å². The van der Waals surface area contributed by atoms with Crippen LogP contribution in [0.5, 0.6) is 0 Å². The second-order valence-corrected chi connectivity index (χ2v) is 8.02. The summed E-state index contributed by atoms with van der Waals surface area (Å²) < 4.78 is 7.39. The van der Waals surface area contributed by atoms with E-state index in [1.165, 1.54) is 33.3 Å². The standard InChI is InChI=1S/C17H18ClN5O3S/c1-10(2)15-12(6-19-17-20-9-21-23(15)17)16(25)26-8-14(24)22(3)7-11-4-5-13(18)27-11/h4-6,9-10H,7-8H2,1-3H3. The first-order valence-corrected chi connectivity index (χ1v) is 9.40. The van der Waals surface area contributed by atoms with Gasteiger partial charge in [0.2, 0.25) is 0 Å². The summed E-state index contributed by atoms with van der Waals surface area (Å²) in [6, 6.07) is 3.64. The van der Waals surface area contributed by atoms with E-state index < -0.39 is 5.97 Å². The van der Waals surface area contributed by atoms with Gasteiger partial charge in [-0.05, 0) is 18.1 Å². The maximum atomic E-state index is 12.5. The van der Waals surface area contributed by atoms with Gasteiger partial charge in [0.15, 0.2) is 6.61 Å². The molecule has 0 N–H and O–H groups in total. The van der Waals surface area contributed by atoms with Gasteiger partial charge in [0.25, 0.3) is 11.7 Å². The van der Waals surface area contributed by atoms with E-state index in [9.17, 15) is 9.59 Å². The molecule has 0 bridgehead atoms. The van der Waals surface area contributed by atoms with Crippen LogP contribution in [-0.2, 0) is 16.1 Å². The van der Waals surface area contributed by atoms with E-state index in [2.05, 4.69) is 15.1 Å². The molecule has 0 aliphatic carbocycles. The van der Waals surface area contributed by atoms with Crippen LogP contribution < -0.4 is 0 Å². The van der Waals surface area contributed by atoms with E-state index in [1.54, 1.807) is 13.1 Å². The Bertz CT molecular complexity index is 984. The van der Waals surface area contributed by atoms with Gasteiger partial charge >= 0.3 is 5.97 Å². The Balaban J connectivity index is 1.67. The molecule has 3 rings (SSSR count). The number of likely N-dealkylation sites (N-methyl/N-ethyl adjacent to an activating group) is 1. The van der Waals surface area contributed by atoms with Crippen LogP contribution in [0.25, 0.3) is 5.78 Å². The molecule has 0 atom stereocenters. The molecule has 27 heavy (non-hydrogen) atoms. The van der Waals surface area contributed by atoms with Crippen molar-refractivity contribution in [3.63, 3.8) is 0 Å². The fourth-order valence-electron chi connectivity index (χ4n) is 2.58. The minimum Gasteiger partial charge on any atom is -0.452 e. The minimum atomic E-state index is -0.621. The Morgan fingerprint density at radius 1 is 1.33 bits per heavy atom. The van der Waals surface area contributed by atoms with Crippen LogP contribution in [0, 0.1) is 0 Å². The summed E-state index contributed by atoms with van der Waals surface area (Å²) in [5.74, 6) is -0.541. The van der Waals surface area contributed by atoms with Gasteiger partial charge in [0.1, 0.15) is 6.33 Å². The third-order valence-corrected chi connectivity index (χ3v) is 5.10. The molecule has 3 aromatic rings. The molecular formula is C17H18ClN5O3S. The highest BCUT2D eigenvalue weighted by Gasteiger charge is 2.22. The molecule has 142 valence electrons. The Morgan fingerprint density at radius 2 is 2.11 bits per heavy atom. The summed E-state index contributed by atoms with van der Waals surface area (Å²) in [6.45, 7) is 3.90. The molecule has 0 aliphatic heterocycles. The van der Waals surface area contributed by atoms with Gasteiger partial charge in [-0.2, -0.15) is 10.1 Å². The third-order valence-electron chi connectivity index (χ3n) is 3.88. The van der Waals surface area contributed by atoms with Crippen molar-refractivity contribution < 1.29 is 14.3 Å². The topological polar surface area (TPSA) is 89.7 Å². The molecule has 0 fully saturated rings. The van der Waals surface area contributed by atoms with Gasteiger partial charge in [-0.1, -0.05) is 25.4 Å². The van der Waals surface area contributed by atoms with E-state index >= 15 is 0 Å². The summed E-state index contributed by atoms with van der Waals surface area (Å²) in [5, 5.41) is 4.11. The zero-order valence-electron chi connectivity index (χ0n) is 15.0. The molecule has 8 nitrogen and oxygen atoms in total. The van der Waals surface area contributed by atoms with Gasteiger partial charge in [0.05, 0.1) is 22.1 Å². The average molecular weight is 408 g/mol. The lowest BCUT2D eigenvalue weighted by Gasteiger charge is -2.17. The molecule has 0 saturated carbocycles. The van der Waals surface area contributed by atoms with E-state index in [4.69, 9.17) is 16.3 Å². The summed E-state index contributed by atoms with van der Waals surface area (Å²) in [4.78, 5) is 35.3. The molecular weight excluding hydrogens is 390 g/mol. The van der Waals surface area contributed by atoms with Crippen LogP contribution in [-0.4, -0.2) is 50.0 Å². The number of rotatable bonds is 6. The SMILES string of the molecule is CC(C)c1c(C(=O)OCC(=O)N(C)Cc2ccc(Cl)s2)cnc2ncnn12. The first-order valence-electron chi connectivity index (χ1n) is 8.20. The Morgan fingerprint density at radius 3 is 2.78 bits per heavy atom. The highest BCUT2D eigenvalue weighted by Crippen LogP contribution is 2.22. The number of halogens is 1. The molecule has 3 aromatic heterocycles. The van der Waals surface area contributed by atoms with Gasteiger partial charge in [-0.3, -0.25) is 4.79 Å². The summed E-state index contributed by atoms with van der Waals surface area (Å²) in [5.41, 5.74) is 0.903. The molecule has 3 heterocycles. The fourth-order valence-corrected chi connectivity index (χ4v) is 3.72. The maximum Gasteiger partial charge on any atom is 0.342 e. The quantitative estimate of drug-likeness (QED) is 0.583. The fraction of sp³-hybridized carbons (Fsp3) is 0.353. The Hall–Kier alpha value is -2.52. The smallest absolute Gasteiger partial charge is 0.342 e. The number of ether oxygens (including phenoxy) is 1. The van der Waals surface area contributed by atoms with E-state index in [1.807, 2.05) is 19.9 Å². The zero-order valence-corrected chi connectivity index (χ0v) is 16.6. The average Bonchev–Trinajstić information content (AvgIpc) is 3.26. The van der Waals surface area contributed by atoms with Gasteiger partial charge in [-0.25, -0.2) is 14.3 Å². The number of carbonyl (C=O) groups excluding carboxylic acids is 2. The Kier molecular flexibility index (Phi) is 5.71. The van der Waals surface area contributed by atoms with Gasteiger partial charge in [0, 0.05) is 18.1 Å². The molecule has 0 spiro atoms. The normalized spacial score (nSPS) is 11.1. The Labute approximate surface area is 164 Å². The van der Waals surface area contributed by atoms with E-state index in [-0.39, 0.29) is 24.0 Å². The molecule has 0 aliphatic rings. The predicted octanol–water partition coefficient (Wildman–Crippen LogP) is 2.78. The lowest BCUT2D eigenvalue weighted by Crippen LogP contribution is -2.30. The molecule has 0 saturated heterocycles. The molecule has 10 heteroatoms. The second-order valence-electron chi connectivity index (χ2n) is 6.22. The van der Waals surface area contributed by atoms with Crippen LogP contribution in [0.2, 0.25) is 4.34 Å². The van der Waals surface area contributed by atoms with Crippen molar-refractivity contribution >= 4 is 40.6 Å². The predicted molar refractivity (Wildman–Crippen MR) is 101 cm³/mol. The number of esters is 1. The number of hydrogen-bond acceptors (Lipinski definition) is 7. The number of fused-ring (bicyclic) bond motifs is 1. The molecule has 1 amide bonds. The molecule has 0 radical (unpaired) electrons. The van der Waals surface area contributed by atoms with Crippen molar-refractivity contribution in [1.82, 2.24) is 24.5 Å². The number of thiophene rings is 1. The van der Waals surface area contributed by atoms with Crippen LogP contribution in [0.4, 0.5) is 0 Å². The number of nitrogens with zero attached hydrogens (tertiary/aromatic N) is 5. The molecule has 0 aromatic carbocycles. The molecule has 0 unspecified atom stereocenters.